The summed E-state index contributed by atoms with van der Waals surface area (Å²) in [6, 6.07) is 14.5. The summed E-state index contributed by atoms with van der Waals surface area (Å²) in [5.41, 5.74) is 5.73. The minimum Gasteiger partial charge on any atom is -0.342 e. The molecule has 4 heteroatoms. The molecule has 4 rings (SSSR count). The molecule has 0 atom stereocenters. The molecule has 2 aromatic carbocycles. The zero-order chi connectivity index (χ0) is 15.8. The van der Waals surface area contributed by atoms with Crippen molar-refractivity contribution < 1.29 is 0 Å². The maximum atomic E-state index is 6.22. The highest BCUT2D eigenvalue weighted by atomic mass is 35.5. The second kappa shape index (κ2) is 5.99. The molecule has 2 aromatic rings. The Balaban J connectivity index is 1.92. The van der Waals surface area contributed by atoms with E-state index in [1.165, 1.54) is 17.0 Å². The molecule has 1 N–H and O–H groups in total. The highest BCUT2D eigenvalue weighted by Crippen LogP contribution is 2.41. The lowest BCUT2D eigenvalue weighted by Gasteiger charge is -2.26. The number of hydrogen-bond donors (Lipinski definition) is 1. The van der Waals surface area contributed by atoms with Crippen LogP contribution in [0, 0.1) is 5.92 Å². The average molecular weight is 326 g/mol. The summed E-state index contributed by atoms with van der Waals surface area (Å²) in [4.78, 5) is 7.30. The van der Waals surface area contributed by atoms with Crippen LogP contribution in [0.3, 0.4) is 0 Å². The Kier molecular flexibility index (Phi) is 3.83. The molecule has 0 saturated carbocycles. The zero-order valence-corrected chi connectivity index (χ0v) is 14.0. The first-order chi connectivity index (χ1) is 11.2. The van der Waals surface area contributed by atoms with Crippen LogP contribution in [0.25, 0.3) is 0 Å². The second-order valence-corrected chi connectivity index (χ2v) is 6.67. The first-order valence-corrected chi connectivity index (χ1v) is 8.54. The van der Waals surface area contributed by atoms with Gasteiger partial charge in [0.15, 0.2) is 0 Å². The summed E-state index contributed by atoms with van der Waals surface area (Å²) in [7, 11) is 2.10. The summed E-state index contributed by atoms with van der Waals surface area (Å²) in [5.74, 6) is 0.496. The average Bonchev–Trinajstić information content (AvgIpc) is 2.71. The third-order valence-electron chi connectivity index (χ3n) is 4.81. The number of nitrogens with zero attached hydrogens (tertiary/aromatic N) is 2. The largest absolute Gasteiger partial charge is 0.342 e. The Bertz CT molecular complexity index is 763. The van der Waals surface area contributed by atoms with Crippen LogP contribution in [0.15, 0.2) is 47.5 Å². The van der Waals surface area contributed by atoms with Crippen LogP contribution in [0.4, 0.5) is 17.1 Å². The van der Waals surface area contributed by atoms with Crippen LogP contribution in [0.5, 0.6) is 0 Å². The van der Waals surface area contributed by atoms with Gasteiger partial charge in [-0.05, 0) is 50.2 Å². The van der Waals surface area contributed by atoms with Crippen molar-refractivity contribution in [3.05, 3.63) is 53.1 Å². The minimum atomic E-state index is 0.496. The highest BCUT2D eigenvalue weighted by molar-refractivity contribution is 6.31. The molecule has 1 fully saturated rings. The van der Waals surface area contributed by atoms with Crippen LogP contribution >= 0.6 is 11.6 Å². The zero-order valence-electron chi connectivity index (χ0n) is 13.2. The third kappa shape index (κ3) is 2.64. The van der Waals surface area contributed by atoms with Crippen molar-refractivity contribution >= 4 is 34.4 Å². The van der Waals surface area contributed by atoms with E-state index in [-0.39, 0.29) is 0 Å². The van der Waals surface area contributed by atoms with Crippen LogP contribution in [0.2, 0.25) is 5.02 Å². The van der Waals surface area contributed by atoms with Crippen LogP contribution < -0.4 is 10.2 Å². The summed E-state index contributed by atoms with van der Waals surface area (Å²) in [6.07, 6.45) is 2.26. The van der Waals surface area contributed by atoms with Crippen molar-refractivity contribution in [3.8, 4) is 0 Å². The summed E-state index contributed by atoms with van der Waals surface area (Å²) in [5, 5.41) is 4.18. The quantitative estimate of drug-likeness (QED) is 0.833. The smallest absolute Gasteiger partial charge is 0.0884 e. The maximum absolute atomic E-state index is 6.22. The molecule has 0 spiro atoms. The van der Waals surface area contributed by atoms with Crippen LogP contribution in [-0.4, -0.2) is 25.8 Å². The topological polar surface area (TPSA) is 27.6 Å². The lowest BCUT2D eigenvalue weighted by Crippen LogP contribution is -2.32. The summed E-state index contributed by atoms with van der Waals surface area (Å²) < 4.78 is 0. The van der Waals surface area contributed by atoms with E-state index in [9.17, 15) is 0 Å². The van der Waals surface area contributed by atoms with Crippen LogP contribution in [-0.2, 0) is 0 Å². The van der Waals surface area contributed by atoms with Gasteiger partial charge in [-0.15, -0.1) is 0 Å². The number of piperidine rings is 1. The fraction of sp³-hybridized carbons (Fsp3) is 0.316. The highest BCUT2D eigenvalue weighted by Gasteiger charge is 2.26. The molecule has 0 bridgehead atoms. The predicted octanol–water partition coefficient (Wildman–Crippen LogP) is 4.54. The van der Waals surface area contributed by atoms with Crippen molar-refractivity contribution in [2.45, 2.75) is 12.8 Å². The Morgan fingerprint density at radius 1 is 1.09 bits per heavy atom. The van der Waals surface area contributed by atoms with E-state index < -0.39 is 0 Å². The summed E-state index contributed by atoms with van der Waals surface area (Å²) >= 11 is 6.22. The number of fused-ring (bicyclic) bond motifs is 2. The van der Waals surface area contributed by atoms with Crippen molar-refractivity contribution in [3.63, 3.8) is 0 Å². The maximum Gasteiger partial charge on any atom is 0.0884 e. The Morgan fingerprint density at radius 2 is 1.87 bits per heavy atom. The standard InChI is InChI=1S/C19H20ClN3/c1-23-17-5-3-2-4-15(17)19(13-8-10-21-11-9-13)22-16-12-14(20)6-7-18(16)23/h2-7,12-13,21H,8-11H2,1H3. The SMILES string of the molecule is CN1c2ccc(Cl)cc2N=C(C2CCNCC2)c2ccccc21. The second-order valence-electron chi connectivity index (χ2n) is 6.23. The first kappa shape index (κ1) is 14.7. The van der Waals surface area contributed by atoms with Gasteiger partial charge in [-0.2, -0.15) is 0 Å². The molecule has 118 valence electrons. The molecule has 1 saturated heterocycles. The predicted molar refractivity (Wildman–Crippen MR) is 97.7 cm³/mol. The molecular weight excluding hydrogens is 306 g/mol. The normalized spacial score (nSPS) is 18.0. The molecule has 0 radical (unpaired) electrons. The monoisotopic (exact) mass is 325 g/mol. The number of aliphatic imine (C=N–C) groups is 1. The lowest BCUT2D eigenvalue weighted by atomic mass is 9.88. The van der Waals surface area contributed by atoms with Gasteiger partial charge >= 0.3 is 0 Å². The van der Waals surface area contributed by atoms with E-state index in [1.54, 1.807) is 0 Å². The molecule has 2 aliphatic heterocycles. The van der Waals surface area contributed by atoms with E-state index in [1.807, 2.05) is 12.1 Å². The molecule has 2 heterocycles. The number of halogens is 1. The molecule has 0 aliphatic carbocycles. The molecule has 0 amide bonds. The van der Waals surface area contributed by atoms with E-state index in [4.69, 9.17) is 16.6 Å². The first-order valence-electron chi connectivity index (χ1n) is 8.16. The molecule has 2 aliphatic rings. The number of nitrogens with one attached hydrogen (secondary N) is 1. The van der Waals surface area contributed by atoms with Crippen molar-refractivity contribution in [2.75, 3.05) is 25.0 Å². The number of benzene rings is 2. The van der Waals surface area contributed by atoms with Gasteiger partial charge in [0.1, 0.15) is 0 Å². The number of hydrogen-bond acceptors (Lipinski definition) is 3. The number of para-hydroxylation sites is 1. The van der Waals surface area contributed by atoms with Gasteiger partial charge in [0.2, 0.25) is 0 Å². The molecule has 0 aromatic heterocycles. The Hall–Kier alpha value is -1.84. The van der Waals surface area contributed by atoms with Gasteiger partial charge in [-0.25, -0.2) is 0 Å². The van der Waals surface area contributed by atoms with Crippen molar-refractivity contribution in [1.29, 1.82) is 0 Å². The van der Waals surface area contributed by atoms with E-state index in [2.05, 4.69) is 47.6 Å². The fourth-order valence-corrected chi connectivity index (χ4v) is 3.75. The number of rotatable bonds is 1. The third-order valence-corrected chi connectivity index (χ3v) is 5.04. The van der Waals surface area contributed by atoms with Gasteiger partial charge in [-0.1, -0.05) is 29.8 Å². The van der Waals surface area contributed by atoms with E-state index in [0.29, 0.717) is 5.92 Å². The molecular formula is C19H20ClN3. The number of anilines is 2. The van der Waals surface area contributed by atoms with Gasteiger partial charge in [0.25, 0.3) is 0 Å². The minimum absolute atomic E-state index is 0.496. The lowest BCUT2D eigenvalue weighted by molar-refractivity contribution is 0.457. The molecule has 23 heavy (non-hydrogen) atoms. The van der Waals surface area contributed by atoms with E-state index in [0.717, 1.165) is 42.3 Å². The van der Waals surface area contributed by atoms with E-state index >= 15 is 0 Å². The fourth-order valence-electron chi connectivity index (χ4n) is 3.58. The van der Waals surface area contributed by atoms with Crippen molar-refractivity contribution in [1.82, 2.24) is 5.32 Å². The Labute approximate surface area is 142 Å². The van der Waals surface area contributed by atoms with Crippen LogP contribution in [0.1, 0.15) is 18.4 Å². The van der Waals surface area contributed by atoms with Crippen molar-refractivity contribution in [2.24, 2.45) is 10.9 Å². The van der Waals surface area contributed by atoms with Gasteiger partial charge in [0.05, 0.1) is 22.8 Å². The molecule has 0 unspecified atom stereocenters. The Morgan fingerprint density at radius 3 is 2.70 bits per heavy atom. The molecule has 3 nitrogen and oxygen atoms in total. The van der Waals surface area contributed by atoms with Gasteiger partial charge < -0.3 is 10.2 Å². The van der Waals surface area contributed by atoms with Gasteiger partial charge in [-0.3, -0.25) is 4.99 Å². The summed E-state index contributed by atoms with van der Waals surface area (Å²) in [6.45, 7) is 2.12. The van der Waals surface area contributed by atoms with Gasteiger partial charge in [0, 0.05) is 23.6 Å².